The summed E-state index contributed by atoms with van der Waals surface area (Å²) in [5.74, 6) is -0.693. The van der Waals surface area contributed by atoms with Gasteiger partial charge in [-0.3, -0.25) is 4.79 Å². The summed E-state index contributed by atoms with van der Waals surface area (Å²) >= 11 is 0. The van der Waals surface area contributed by atoms with E-state index in [1.807, 2.05) is 0 Å². The van der Waals surface area contributed by atoms with Crippen LogP contribution in [0.4, 0.5) is 0 Å². The number of rotatable bonds is 3. The van der Waals surface area contributed by atoms with Gasteiger partial charge in [-0.1, -0.05) is 0 Å². The summed E-state index contributed by atoms with van der Waals surface area (Å²) in [6, 6.07) is 0. The third-order valence-electron chi connectivity index (χ3n) is 2.51. The van der Waals surface area contributed by atoms with Crippen LogP contribution in [0.1, 0.15) is 13.3 Å². The standard InChI is InChI=1S/C8H16N2O2/c1-8(7(11)12)2-4-10(6-8)5-3-9/h2-6,9H2,1H3,(H,11,12). The lowest BCUT2D eigenvalue weighted by Gasteiger charge is -2.19. The van der Waals surface area contributed by atoms with Crippen LogP contribution >= 0.6 is 0 Å². The summed E-state index contributed by atoms with van der Waals surface area (Å²) in [4.78, 5) is 12.9. The largest absolute Gasteiger partial charge is 0.481 e. The van der Waals surface area contributed by atoms with Crippen LogP contribution in [0, 0.1) is 5.41 Å². The van der Waals surface area contributed by atoms with Crippen LogP contribution in [0.3, 0.4) is 0 Å². The van der Waals surface area contributed by atoms with Gasteiger partial charge in [-0.15, -0.1) is 0 Å². The van der Waals surface area contributed by atoms with E-state index in [4.69, 9.17) is 10.8 Å². The Morgan fingerprint density at radius 1 is 1.75 bits per heavy atom. The topological polar surface area (TPSA) is 66.6 Å². The van der Waals surface area contributed by atoms with Gasteiger partial charge in [0, 0.05) is 19.6 Å². The zero-order valence-corrected chi connectivity index (χ0v) is 7.42. The molecule has 1 unspecified atom stereocenters. The molecule has 4 nitrogen and oxygen atoms in total. The van der Waals surface area contributed by atoms with Crippen molar-refractivity contribution in [2.75, 3.05) is 26.2 Å². The first kappa shape index (κ1) is 9.48. The number of nitrogens with two attached hydrogens (primary N) is 1. The van der Waals surface area contributed by atoms with Crippen molar-refractivity contribution in [1.82, 2.24) is 4.90 Å². The maximum absolute atomic E-state index is 10.8. The summed E-state index contributed by atoms with van der Waals surface area (Å²) in [5, 5.41) is 8.90. The maximum Gasteiger partial charge on any atom is 0.310 e. The highest BCUT2D eigenvalue weighted by Crippen LogP contribution is 2.29. The minimum absolute atomic E-state index is 0.546. The Kier molecular flexibility index (Phi) is 2.69. The molecular weight excluding hydrogens is 156 g/mol. The van der Waals surface area contributed by atoms with Gasteiger partial charge >= 0.3 is 5.97 Å². The lowest BCUT2D eigenvalue weighted by molar-refractivity contribution is -0.147. The summed E-state index contributed by atoms with van der Waals surface area (Å²) in [6.07, 6.45) is 0.738. The summed E-state index contributed by atoms with van der Waals surface area (Å²) in [6.45, 7) is 4.71. The second kappa shape index (κ2) is 3.41. The van der Waals surface area contributed by atoms with Crippen molar-refractivity contribution < 1.29 is 9.90 Å². The molecule has 0 radical (unpaired) electrons. The monoisotopic (exact) mass is 172 g/mol. The molecule has 1 aliphatic heterocycles. The van der Waals surface area contributed by atoms with Crippen molar-refractivity contribution in [3.63, 3.8) is 0 Å². The number of nitrogens with zero attached hydrogens (tertiary/aromatic N) is 1. The smallest absolute Gasteiger partial charge is 0.310 e. The molecule has 0 saturated carbocycles. The van der Waals surface area contributed by atoms with E-state index < -0.39 is 11.4 Å². The number of hydrogen-bond donors (Lipinski definition) is 2. The zero-order chi connectivity index (χ0) is 9.19. The van der Waals surface area contributed by atoms with Crippen LogP contribution in [0.25, 0.3) is 0 Å². The molecule has 3 N–H and O–H groups in total. The van der Waals surface area contributed by atoms with E-state index in [9.17, 15) is 4.79 Å². The third-order valence-corrected chi connectivity index (χ3v) is 2.51. The van der Waals surface area contributed by atoms with Gasteiger partial charge in [-0.2, -0.15) is 0 Å². The van der Waals surface area contributed by atoms with Gasteiger partial charge in [-0.25, -0.2) is 0 Å². The molecule has 1 fully saturated rings. The number of aliphatic carboxylic acids is 1. The summed E-state index contributed by atoms with van der Waals surface area (Å²) in [5.41, 5.74) is 4.84. The third kappa shape index (κ3) is 1.76. The number of carbonyl (C=O) groups is 1. The molecule has 0 amide bonds. The van der Waals surface area contributed by atoms with E-state index in [-0.39, 0.29) is 0 Å². The second-order valence-electron chi connectivity index (χ2n) is 3.68. The van der Waals surface area contributed by atoms with Gasteiger partial charge < -0.3 is 15.7 Å². The van der Waals surface area contributed by atoms with Crippen LogP contribution < -0.4 is 5.73 Å². The Morgan fingerprint density at radius 3 is 2.83 bits per heavy atom. The molecule has 0 bridgehead atoms. The van der Waals surface area contributed by atoms with E-state index in [2.05, 4.69) is 4.90 Å². The quantitative estimate of drug-likeness (QED) is 0.615. The number of likely N-dealkylation sites (tertiary alicyclic amines) is 1. The Morgan fingerprint density at radius 2 is 2.42 bits per heavy atom. The highest BCUT2D eigenvalue weighted by Gasteiger charge is 2.39. The highest BCUT2D eigenvalue weighted by molar-refractivity contribution is 5.74. The van der Waals surface area contributed by atoms with E-state index >= 15 is 0 Å². The number of carboxylic acid groups (broad SMARTS) is 1. The molecule has 1 saturated heterocycles. The summed E-state index contributed by atoms with van der Waals surface area (Å²) < 4.78 is 0. The molecule has 0 spiro atoms. The van der Waals surface area contributed by atoms with Crippen molar-refractivity contribution >= 4 is 5.97 Å². The zero-order valence-electron chi connectivity index (χ0n) is 7.42. The highest BCUT2D eigenvalue weighted by atomic mass is 16.4. The molecule has 1 atom stereocenters. The minimum atomic E-state index is -0.693. The predicted octanol–water partition coefficient (Wildman–Crippen LogP) is -0.258. The molecule has 1 heterocycles. The van der Waals surface area contributed by atoms with Crippen molar-refractivity contribution in [3.8, 4) is 0 Å². The maximum atomic E-state index is 10.8. The van der Waals surface area contributed by atoms with Gasteiger partial charge in [-0.05, 0) is 19.9 Å². The van der Waals surface area contributed by atoms with Crippen LogP contribution in [0.2, 0.25) is 0 Å². The SMILES string of the molecule is CC1(C(=O)O)CCN(CCN)C1. The van der Waals surface area contributed by atoms with E-state index in [1.165, 1.54) is 0 Å². The van der Waals surface area contributed by atoms with E-state index in [1.54, 1.807) is 6.92 Å². The van der Waals surface area contributed by atoms with Crippen LogP contribution in [-0.4, -0.2) is 42.2 Å². The molecular formula is C8H16N2O2. The fraction of sp³-hybridized carbons (Fsp3) is 0.875. The first-order chi connectivity index (χ1) is 5.58. The van der Waals surface area contributed by atoms with Gasteiger partial charge in [0.15, 0.2) is 0 Å². The van der Waals surface area contributed by atoms with Crippen LogP contribution in [0.5, 0.6) is 0 Å². The molecule has 0 aliphatic carbocycles. The van der Waals surface area contributed by atoms with Gasteiger partial charge in [0.1, 0.15) is 0 Å². The molecule has 1 rings (SSSR count). The average molecular weight is 172 g/mol. The Balaban J connectivity index is 2.49. The van der Waals surface area contributed by atoms with E-state index in [0.717, 1.165) is 19.5 Å². The first-order valence-electron chi connectivity index (χ1n) is 4.24. The molecule has 0 aromatic heterocycles. The average Bonchev–Trinajstić information content (AvgIpc) is 2.34. The first-order valence-corrected chi connectivity index (χ1v) is 4.24. The lowest BCUT2D eigenvalue weighted by atomic mass is 9.90. The molecule has 0 aromatic carbocycles. The molecule has 12 heavy (non-hydrogen) atoms. The van der Waals surface area contributed by atoms with Gasteiger partial charge in [0.05, 0.1) is 5.41 Å². The van der Waals surface area contributed by atoms with Crippen molar-refractivity contribution in [2.24, 2.45) is 11.1 Å². The Labute approximate surface area is 72.3 Å². The van der Waals surface area contributed by atoms with Crippen molar-refractivity contribution in [1.29, 1.82) is 0 Å². The molecule has 1 aliphatic rings. The van der Waals surface area contributed by atoms with Crippen LogP contribution in [0.15, 0.2) is 0 Å². The van der Waals surface area contributed by atoms with Crippen molar-refractivity contribution in [3.05, 3.63) is 0 Å². The molecule has 4 heteroatoms. The fourth-order valence-corrected chi connectivity index (χ4v) is 1.60. The number of carboxylic acids is 1. The Hall–Kier alpha value is -0.610. The fourth-order valence-electron chi connectivity index (χ4n) is 1.60. The van der Waals surface area contributed by atoms with Crippen LogP contribution in [-0.2, 0) is 4.79 Å². The van der Waals surface area contributed by atoms with Gasteiger partial charge in [0.25, 0.3) is 0 Å². The van der Waals surface area contributed by atoms with E-state index in [0.29, 0.717) is 13.1 Å². The predicted molar refractivity (Wildman–Crippen MR) is 45.9 cm³/mol. The second-order valence-corrected chi connectivity index (χ2v) is 3.68. The number of hydrogen-bond acceptors (Lipinski definition) is 3. The minimum Gasteiger partial charge on any atom is -0.481 e. The Bertz CT molecular complexity index is 184. The molecule has 70 valence electrons. The lowest BCUT2D eigenvalue weighted by Crippen LogP contribution is -2.33. The van der Waals surface area contributed by atoms with Crippen molar-refractivity contribution in [2.45, 2.75) is 13.3 Å². The van der Waals surface area contributed by atoms with Gasteiger partial charge in [0.2, 0.25) is 0 Å². The molecule has 0 aromatic rings. The normalized spacial score (nSPS) is 30.8. The summed E-state index contributed by atoms with van der Waals surface area (Å²) in [7, 11) is 0.